The Bertz CT molecular complexity index is 812. The first-order valence-corrected chi connectivity index (χ1v) is 11.1. The third-order valence-corrected chi connectivity index (χ3v) is 5.78. The van der Waals surface area contributed by atoms with Gasteiger partial charge in [0, 0.05) is 31.1 Å². The summed E-state index contributed by atoms with van der Waals surface area (Å²) in [6.07, 6.45) is 3.22. The fourth-order valence-electron chi connectivity index (χ4n) is 3.23. The zero-order valence-electron chi connectivity index (χ0n) is 17.5. The lowest BCUT2D eigenvalue weighted by molar-refractivity contribution is 0.312. The highest BCUT2D eigenvalue weighted by Crippen LogP contribution is 2.35. The third-order valence-electron chi connectivity index (χ3n) is 5.08. The molecule has 1 aromatic heterocycles. The van der Waals surface area contributed by atoms with Gasteiger partial charge >= 0.3 is 0 Å². The quantitative estimate of drug-likeness (QED) is 0.237. The SMILES string of the molecule is CSCCCNC(=NCc1nnc(C)n1C)NC(C)C1COc2ccccc21.I. The normalized spacial score (nSPS) is 16.6. The van der Waals surface area contributed by atoms with Crippen molar-refractivity contribution in [1.29, 1.82) is 0 Å². The first-order chi connectivity index (χ1) is 13.6. The van der Waals surface area contributed by atoms with Crippen LogP contribution < -0.4 is 15.4 Å². The van der Waals surface area contributed by atoms with Crippen molar-refractivity contribution in [2.45, 2.75) is 38.8 Å². The van der Waals surface area contributed by atoms with Crippen LogP contribution in [0.2, 0.25) is 0 Å². The Hall–Kier alpha value is -1.49. The number of aryl methyl sites for hydroxylation is 1. The zero-order valence-corrected chi connectivity index (χ0v) is 20.7. The van der Waals surface area contributed by atoms with Gasteiger partial charge in [0.2, 0.25) is 0 Å². The number of para-hydroxylation sites is 1. The molecule has 0 saturated carbocycles. The van der Waals surface area contributed by atoms with Gasteiger partial charge in [-0.2, -0.15) is 11.8 Å². The molecule has 9 heteroatoms. The average Bonchev–Trinajstić information content (AvgIpc) is 3.27. The van der Waals surface area contributed by atoms with E-state index in [0.717, 1.165) is 42.1 Å². The van der Waals surface area contributed by atoms with E-state index in [1.165, 1.54) is 5.56 Å². The van der Waals surface area contributed by atoms with Gasteiger partial charge in [-0.3, -0.25) is 0 Å². The molecule has 7 nitrogen and oxygen atoms in total. The molecule has 2 aromatic rings. The van der Waals surface area contributed by atoms with Crippen molar-refractivity contribution in [2.24, 2.45) is 12.0 Å². The summed E-state index contributed by atoms with van der Waals surface area (Å²) in [7, 11) is 1.97. The Morgan fingerprint density at radius 2 is 2.17 bits per heavy atom. The lowest BCUT2D eigenvalue weighted by Crippen LogP contribution is -2.45. The summed E-state index contributed by atoms with van der Waals surface area (Å²) in [4.78, 5) is 4.76. The number of nitrogens with zero attached hydrogens (tertiary/aromatic N) is 4. The number of rotatable bonds is 8. The van der Waals surface area contributed by atoms with Gasteiger partial charge in [-0.05, 0) is 38.3 Å². The van der Waals surface area contributed by atoms with Crippen LogP contribution in [0.4, 0.5) is 0 Å². The van der Waals surface area contributed by atoms with Crippen LogP contribution in [0, 0.1) is 6.92 Å². The number of fused-ring (bicyclic) bond motifs is 1. The maximum atomic E-state index is 5.85. The van der Waals surface area contributed by atoms with E-state index in [2.05, 4.69) is 46.1 Å². The molecule has 0 aliphatic carbocycles. The first kappa shape index (κ1) is 23.8. The smallest absolute Gasteiger partial charge is 0.191 e. The van der Waals surface area contributed by atoms with Crippen molar-refractivity contribution >= 4 is 41.7 Å². The maximum absolute atomic E-state index is 5.85. The number of aliphatic imine (C=N–C) groups is 1. The summed E-state index contributed by atoms with van der Waals surface area (Å²) >= 11 is 1.86. The average molecular weight is 530 g/mol. The van der Waals surface area contributed by atoms with Crippen molar-refractivity contribution in [3.63, 3.8) is 0 Å². The molecule has 3 rings (SSSR count). The van der Waals surface area contributed by atoms with E-state index < -0.39 is 0 Å². The molecule has 0 bridgehead atoms. The van der Waals surface area contributed by atoms with Gasteiger partial charge in [0.15, 0.2) is 11.8 Å². The van der Waals surface area contributed by atoms with Gasteiger partial charge in [0.25, 0.3) is 0 Å². The number of hydrogen-bond acceptors (Lipinski definition) is 5. The summed E-state index contributed by atoms with van der Waals surface area (Å²) in [6.45, 7) is 6.19. The lowest BCUT2D eigenvalue weighted by Gasteiger charge is -2.23. The second kappa shape index (κ2) is 11.6. The van der Waals surface area contributed by atoms with Crippen LogP contribution in [0.25, 0.3) is 0 Å². The van der Waals surface area contributed by atoms with Crippen LogP contribution in [0.5, 0.6) is 5.75 Å². The van der Waals surface area contributed by atoms with E-state index >= 15 is 0 Å². The summed E-state index contributed by atoms with van der Waals surface area (Å²) in [6, 6.07) is 8.46. The second-order valence-electron chi connectivity index (χ2n) is 7.05. The fraction of sp³-hybridized carbons (Fsp3) is 0.550. The molecule has 2 unspecified atom stereocenters. The summed E-state index contributed by atoms with van der Waals surface area (Å²) in [5.74, 6) is 4.96. The molecule has 1 aliphatic heterocycles. The van der Waals surface area contributed by atoms with Gasteiger partial charge in [0.1, 0.15) is 18.1 Å². The number of ether oxygens (including phenoxy) is 1. The standard InChI is InChI=1S/C20H30N6OS.HI/c1-14(17-13-27-18-9-6-5-8-16(17)18)23-20(21-10-7-11-28-4)22-12-19-25-24-15(2)26(19)3;/h5-6,8-9,14,17H,7,10-13H2,1-4H3,(H2,21,22,23);1H. The number of guanidine groups is 1. The monoisotopic (exact) mass is 530 g/mol. The van der Waals surface area contributed by atoms with Gasteiger partial charge in [-0.1, -0.05) is 18.2 Å². The van der Waals surface area contributed by atoms with E-state index in [9.17, 15) is 0 Å². The van der Waals surface area contributed by atoms with Crippen LogP contribution in [0.15, 0.2) is 29.3 Å². The Balaban J connectivity index is 0.00000300. The van der Waals surface area contributed by atoms with E-state index in [0.29, 0.717) is 19.1 Å². The van der Waals surface area contributed by atoms with E-state index in [4.69, 9.17) is 9.73 Å². The van der Waals surface area contributed by atoms with Gasteiger partial charge in [-0.15, -0.1) is 34.2 Å². The highest BCUT2D eigenvalue weighted by Gasteiger charge is 2.29. The Kier molecular flexibility index (Phi) is 9.54. The topological polar surface area (TPSA) is 76.4 Å². The predicted molar refractivity (Wildman–Crippen MR) is 131 cm³/mol. The number of benzene rings is 1. The van der Waals surface area contributed by atoms with E-state index in [-0.39, 0.29) is 30.0 Å². The lowest BCUT2D eigenvalue weighted by atomic mass is 9.94. The van der Waals surface area contributed by atoms with E-state index in [1.54, 1.807) is 0 Å². The number of aromatic nitrogens is 3. The predicted octanol–water partition coefficient (Wildman–Crippen LogP) is 3.09. The summed E-state index contributed by atoms with van der Waals surface area (Å²) in [5.41, 5.74) is 1.26. The molecule has 29 heavy (non-hydrogen) atoms. The van der Waals surface area contributed by atoms with Crippen molar-refractivity contribution < 1.29 is 4.74 Å². The molecule has 0 spiro atoms. The van der Waals surface area contributed by atoms with Gasteiger partial charge < -0.3 is 19.9 Å². The molecule has 0 radical (unpaired) electrons. The highest BCUT2D eigenvalue weighted by molar-refractivity contribution is 14.0. The summed E-state index contributed by atoms with van der Waals surface area (Å²) < 4.78 is 7.82. The van der Waals surface area contributed by atoms with Crippen LogP contribution >= 0.6 is 35.7 Å². The fourth-order valence-corrected chi connectivity index (χ4v) is 3.66. The van der Waals surface area contributed by atoms with Crippen LogP contribution in [0.1, 0.15) is 36.5 Å². The summed E-state index contributed by atoms with van der Waals surface area (Å²) in [5, 5.41) is 15.3. The number of nitrogens with one attached hydrogen (secondary N) is 2. The number of hydrogen-bond donors (Lipinski definition) is 2. The number of thioether (sulfide) groups is 1. The van der Waals surface area contributed by atoms with Gasteiger partial charge in [0.05, 0.1) is 6.61 Å². The maximum Gasteiger partial charge on any atom is 0.191 e. The van der Waals surface area contributed by atoms with Crippen molar-refractivity contribution in [3.05, 3.63) is 41.5 Å². The third kappa shape index (κ3) is 6.24. The zero-order chi connectivity index (χ0) is 19.9. The largest absolute Gasteiger partial charge is 0.493 e. The number of halogens is 1. The molecule has 0 amide bonds. The molecular formula is C20H31IN6OS. The first-order valence-electron chi connectivity index (χ1n) is 9.70. The van der Waals surface area contributed by atoms with Gasteiger partial charge in [-0.25, -0.2) is 4.99 Å². The minimum atomic E-state index is 0. The molecule has 2 N–H and O–H groups in total. The molecular weight excluding hydrogens is 499 g/mol. The Morgan fingerprint density at radius 1 is 1.38 bits per heavy atom. The molecule has 160 valence electrons. The minimum absolute atomic E-state index is 0. The molecule has 0 saturated heterocycles. The molecule has 2 atom stereocenters. The second-order valence-corrected chi connectivity index (χ2v) is 8.03. The highest BCUT2D eigenvalue weighted by atomic mass is 127. The molecule has 1 aromatic carbocycles. The van der Waals surface area contributed by atoms with Crippen molar-refractivity contribution in [1.82, 2.24) is 25.4 Å². The molecule has 0 fully saturated rings. The Labute approximate surface area is 194 Å². The van der Waals surface area contributed by atoms with Crippen LogP contribution in [-0.2, 0) is 13.6 Å². The Morgan fingerprint density at radius 3 is 2.90 bits per heavy atom. The minimum Gasteiger partial charge on any atom is -0.493 e. The van der Waals surface area contributed by atoms with Crippen molar-refractivity contribution in [2.75, 3.05) is 25.2 Å². The molecule has 1 aliphatic rings. The van der Waals surface area contributed by atoms with Crippen molar-refractivity contribution in [3.8, 4) is 5.75 Å². The van der Waals surface area contributed by atoms with Crippen LogP contribution in [0.3, 0.4) is 0 Å². The van der Waals surface area contributed by atoms with E-state index in [1.807, 2.05) is 42.4 Å². The molecule has 2 heterocycles. The van der Waals surface area contributed by atoms with Crippen LogP contribution in [-0.4, -0.2) is 51.9 Å².